The molecule has 1 N–H and O–H groups in total. The molecular formula is C21H29NO2. The predicted molar refractivity (Wildman–Crippen MR) is 101 cm³/mol. The van der Waals surface area contributed by atoms with Gasteiger partial charge in [-0.15, -0.1) is 0 Å². The Balaban J connectivity index is 2.21. The van der Waals surface area contributed by atoms with E-state index in [2.05, 4.69) is 49.5 Å². The smallest absolute Gasteiger partial charge is 0.216 e. The molecule has 0 heterocycles. The van der Waals surface area contributed by atoms with Gasteiger partial charge in [0.25, 0.3) is 0 Å². The van der Waals surface area contributed by atoms with Crippen LogP contribution in [-0.2, 0) is 17.6 Å². The van der Waals surface area contributed by atoms with Crippen molar-refractivity contribution in [3.8, 4) is 5.75 Å². The zero-order chi connectivity index (χ0) is 17.4. The molecule has 0 saturated carbocycles. The van der Waals surface area contributed by atoms with Gasteiger partial charge in [-0.1, -0.05) is 44.9 Å². The third-order valence-electron chi connectivity index (χ3n) is 4.26. The molecule has 2 rings (SSSR count). The van der Waals surface area contributed by atoms with Crippen LogP contribution in [-0.4, -0.2) is 19.1 Å². The molecule has 3 heteroatoms. The van der Waals surface area contributed by atoms with Gasteiger partial charge in [-0.25, -0.2) is 0 Å². The van der Waals surface area contributed by atoms with Gasteiger partial charge in [0, 0.05) is 13.5 Å². The van der Waals surface area contributed by atoms with Crippen LogP contribution >= 0.6 is 0 Å². The molecule has 0 atom stereocenters. The van der Waals surface area contributed by atoms with Gasteiger partial charge < -0.3 is 10.1 Å². The zero-order valence-corrected chi connectivity index (χ0v) is 15.2. The quantitative estimate of drug-likeness (QED) is 0.681. The number of amides is 1. The molecule has 1 amide bonds. The van der Waals surface area contributed by atoms with Gasteiger partial charge in [0.2, 0.25) is 5.91 Å². The SMILES string of the molecule is CCCCCOc1ccc2cc(CC)cc(CCNC(C)=O)c2c1. The number of nitrogens with one attached hydrogen (secondary N) is 1. The van der Waals surface area contributed by atoms with Crippen molar-refractivity contribution in [1.29, 1.82) is 0 Å². The van der Waals surface area contributed by atoms with Crippen molar-refractivity contribution in [2.45, 2.75) is 52.9 Å². The maximum absolute atomic E-state index is 11.1. The summed E-state index contributed by atoms with van der Waals surface area (Å²) in [7, 11) is 0. The lowest BCUT2D eigenvalue weighted by atomic mass is 9.97. The number of carbonyl (C=O) groups is 1. The predicted octanol–water partition coefficient (Wildman–Crippen LogP) is 4.65. The third-order valence-corrected chi connectivity index (χ3v) is 4.26. The van der Waals surface area contributed by atoms with Crippen LogP contribution in [0.3, 0.4) is 0 Å². The van der Waals surface area contributed by atoms with Gasteiger partial charge in [0.1, 0.15) is 5.75 Å². The number of ether oxygens (including phenoxy) is 1. The lowest BCUT2D eigenvalue weighted by molar-refractivity contribution is -0.118. The zero-order valence-electron chi connectivity index (χ0n) is 15.2. The minimum Gasteiger partial charge on any atom is -0.494 e. The van der Waals surface area contributed by atoms with Crippen LogP contribution < -0.4 is 10.1 Å². The van der Waals surface area contributed by atoms with Crippen molar-refractivity contribution in [3.63, 3.8) is 0 Å². The van der Waals surface area contributed by atoms with Crippen molar-refractivity contribution < 1.29 is 9.53 Å². The summed E-state index contributed by atoms with van der Waals surface area (Å²) in [6.45, 7) is 7.36. The molecule has 2 aromatic rings. The Hall–Kier alpha value is -2.03. The molecule has 0 fully saturated rings. The highest BCUT2D eigenvalue weighted by Crippen LogP contribution is 2.27. The highest BCUT2D eigenvalue weighted by molar-refractivity contribution is 5.88. The van der Waals surface area contributed by atoms with Crippen LogP contribution in [0.5, 0.6) is 5.75 Å². The molecule has 0 aliphatic rings. The molecule has 0 aliphatic heterocycles. The van der Waals surface area contributed by atoms with E-state index in [0.29, 0.717) is 6.54 Å². The average Bonchev–Trinajstić information content (AvgIpc) is 2.58. The molecule has 0 saturated heterocycles. The molecule has 0 unspecified atom stereocenters. The second kappa shape index (κ2) is 9.31. The molecule has 0 aliphatic carbocycles. The lowest BCUT2D eigenvalue weighted by Crippen LogP contribution is -2.22. The van der Waals surface area contributed by atoms with Gasteiger partial charge in [-0.3, -0.25) is 4.79 Å². The van der Waals surface area contributed by atoms with Crippen LogP contribution in [0.2, 0.25) is 0 Å². The number of hydrogen-bond acceptors (Lipinski definition) is 2. The highest BCUT2D eigenvalue weighted by Gasteiger charge is 2.06. The summed E-state index contributed by atoms with van der Waals surface area (Å²) in [6.07, 6.45) is 5.35. The van der Waals surface area contributed by atoms with Crippen molar-refractivity contribution in [1.82, 2.24) is 5.32 Å². The van der Waals surface area contributed by atoms with E-state index in [1.54, 1.807) is 6.92 Å². The summed E-state index contributed by atoms with van der Waals surface area (Å²) in [5.74, 6) is 0.953. The number of carbonyl (C=O) groups excluding carboxylic acids is 1. The molecule has 0 bridgehead atoms. The molecule has 2 aromatic carbocycles. The van der Waals surface area contributed by atoms with Gasteiger partial charge in [-0.2, -0.15) is 0 Å². The third kappa shape index (κ3) is 5.26. The fraction of sp³-hybridized carbons (Fsp3) is 0.476. The summed E-state index contributed by atoms with van der Waals surface area (Å²) in [5.41, 5.74) is 2.61. The first-order chi connectivity index (χ1) is 11.6. The Labute approximate surface area is 145 Å². The van der Waals surface area contributed by atoms with Crippen molar-refractivity contribution in [2.75, 3.05) is 13.2 Å². The largest absolute Gasteiger partial charge is 0.494 e. The van der Waals surface area contributed by atoms with Crippen LogP contribution in [0.4, 0.5) is 0 Å². The molecule has 0 radical (unpaired) electrons. The van der Waals surface area contributed by atoms with Crippen molar-refractivity contribution >= 4 is 16.7 Å². The van der Waals surface area contributed by atoms with Crippen LogP contribution in [0.1, 0.15) is 51.2 Å². The number of unbranched alkanes of at least 4 members (excludes halogenated alkanes) is 2. The van der Waals surface area contributed by atoms with Gasteiger partial charge in [-0.05, 0) is 53.3 Å². The Kier molecular flexibility index (Phi) is 7.10. The Morgan fingerprint density at radius 1 is 1.12 bits per heavy atom. The summed E-state index contributed by atoms with van der Waals surface area (Å²) in [5, 5.41) is 5.36. The van der Waals surface area contributed by atoms with E-state index in [-0.39, 0.29) is 5.91 Å². The van der Waals surface area contributed by atoms with Crippen LogP contribution in [0, 0.1) is 0 Å². The van der Waals surface area contributed by atoms with Gasteiger partial charge in [0.15, 0.2) is 0 Å². The van der Waals surface area contributed by atoms with Gasteiger partial charge >= 0.3 is 0 Å². The fourth-order valence-electron chi connectivity index (χ4n) is 2.90. The molecule has 24 heavy (non-hydrogen) atoms. The molecular weight excluding hydrogens is 298 g/mol. The first kappa shape index (κ1) is 18.3. The maximum Gasteiger partial charge on any atom is 0.216 e. The Morgan fingerprint density at radius 3 is 2.67 bits per heavy atom. The summed E-state index contributed by atoms with van der Waals surface area (Å²) in [4.78, 5) is 11.1. The monoisotopic (exact) mass is 327 g/mol. The van der Waals surface area contributed by atoms with Crippen molar-refractivity contribution in [2.24, 2.45) is 0 Å². The van der Waals surface area contributed by atoms with Crippen LogP contribution in [0.15, 0.2) is 30.3 Å². The maximum atomic E-state index is 11.1. The van der Waals surface area contributed by atoms with E-state index in [9.17, 15) is 4.79 Å². The fourth-order valence-corrected chi connectivity index (χ4v) is 2.90. The van der Waals surface area contributed by atoms with Gasteiger partial charge in [0.05, 0.1) is 6.61 Å². The number of fused-ring (bicyclic) bond motifs is 1. The topological polar surface area (TPSA) is 38.3 Å². The standard InChI is InChI=1S/C21H29NO2/c1-4-6-7-12-24-20-9-8-18-13-17(5-2)14-19(21(18)15-20)10-11-22-16(3)23/h8-9,13-15H,4-7,10-12H2,1-3H3,(H,22,23). The number of aryl methyl sites for hydroxylation is 1. The molecule has 3 nitrogen and oxygen atoms in total. The summed E-state index contributed by atoms with van der Waals surface area (Å²) < 4.78 is 5.90. The van der Waals surface area contributed by atoms with E-state index in [0.717, 1.165) is 31.6 Å². The summed E-state index contributed by atoms with van der Waals surface area (Å²) >= 11 is 0. The van der Waals surface area contributed by atoms with E-state index >= 15 is 0 Å². The second-order valence-corrected chi connectivity index (χ2v) is 6.28. The Bertz CT molecular complexity index is 679. The Morgan fingerprint density at radius 2 is 1.96 bits per heavy atom. The molecule has 130 valence electrons. The number of rotatable bonds is 9. The van der Waals surface area contributed by atoms with E-state index in [4.69, 9.17) is 4.74 Å². The van der Waals surface area contributed by atoms with E-state index < -0.39 is 0 Å². The number of benzene rings is 2. The van der Waals surface area contributed by atoms with E-state index in [1.165, 1.54) is 34.7 Å². The van der Waals surface area contributed by atoms with E-state index in [1.807, 2.05) is 0 Å². The minimum atomic E-state index is 0.0194. The second-order valence-electron chi connectivity index (χ2n) is 6.28. The average molecular weight is 327 g/mol. The minimum absolute atomic E-state index is 0.0194. The molecule has 0 aromatic heterocycles. The van der Waals surface area contributed by atoms with Crippen LogP contribution in [0.25, 0.3) is 10.8 Å². The number of hydrogen-bond donors (Lipinski definition) is 1. The van der Waals surface area contributed by atoms with Crippen molar-refractivity contribution in [3.05, 3.63) is 41.5 Å². The first-order valence-corrected chi connectivity index (χ1v) is 9.06. The molecule has 0 spiro atoms. The first-order valence-electron chi connectivity index (χ1n) is 9.06. The lowest BCUT2D eigenvalue weighted by Gasteiger charge is -2.12. The summed E-state index contributed by atoms with van der Waals surface area (Å²) in [6, 6.07) is 10.9. The highest BCUT2D eigenvalue weighted by atomic mass is 16.5. The normalized spacial score (nSPS) is 10.8.